The van der Waals surface area contributed by atoms with Gasteiger partial charge < -0.3 is 20.1 Å². The number of thiocarbonyl (C=S) groups is 1. The zero-order chi connectivity index (χ0) is 20.7. The van der Waals surface area contributed by atoms with Gasteiger partial charge in [-0.05, 0) is 42.5 Å². The van der Waals surface area contributed by atoms with Crippen molar-refractivity contribution in [3.63, 3.8) is 0 Å². The van der Waals surface area contributed by atoms with Crippen LogP contribution >= 0.6 is 12.2 Å². The zero-order valence-electron chi connectivity index (χ0n) is 16.4. The summed E-state index contributed by atoms with van der Waals surface area (Å²) in [6, 6.07) is 12.0. The molecule has 2 rings (SSSR count). The van der Waals surface area contributed by atoms with E-state index in [2.05, 4.69) is 10.6 Å². The number of ether oxygens (including phenoxy) is 2. The van der Waals surface area contributed by atoms with Gasteiger partial charge in [0.25, 0.3) is 0 Å². The maximum absolute atomic E-state index is 12.8. The smallest absolute Gasteiger partial charge is 0.243 e. The van der Waals surface area contributed by atoms with Crippen LogP contribution in [0.4, 0.5) is 11.4 Å². The molecule has 0 aliphatic heterocycles. The largest absolute Gasteiger partial charge is 0.495 e. The molecule has 0 aliphatic carbocycles. The second kappa shape index (κ2) is 9.72. The molecular formula is C19H25N3O4S2. The van der Waals surface area contributed by atoms with Crippen molar-refractivity contribution in [2.24, 2.45) is 0 Å². The second-order valence-corrected chi connectivity index (χ2v) is 8.08. The molecule has 0 aliphatic rings. The summed E-state index contributed by atoms with van der Waals surface area (Å²) in [5.41, 5.74) is 1.14. The summed E-state index contributed by atoms with van der Waals surface area (Å²) in [5.74, 6) is 1.11. The minimum absolute atomic E-state index is 0.166. The van der Waals surface area contributed by atoms with E-state index in [0.29, 0.717) is 36.0 Å². The third-order valence-corrected chi connectivity index (χ3v) is 6.37. The Balaban J connectivity index is 2.30. The predicted molar refractivity (Wildman–Crippen MR) is 116 cm³/mol. The van der Waals surface area contributed by atoms with Crippen LogP contribution < -0.4 is 20.1 Å². The molecule has 2 aromatic rings. The summed E-state index contributed by atoms with van der Waals surface area (Å²) in [6.07, 6.45) is 0. The molecule has 28 heavy (non-hydrogen) atoms. The molecule has 0 atom stereocenters. The lowest BCUT2D eigenvalue weighted by Gasteiger charge is -2.20. The van der Waals surface area contributed by atoms with Crippen LogP contribution in [0.1, 0.15) is 13.8 Å². The number of anilines is 2. The highest BCUT2D eigenvalue weighted by molar-refractivity contribution is 7.89. The molecule has 0 spiro atoms. The summed E-state index contributed by atoms with van der Waals surface area (Å²) in [5, 5.41) is 6.33. The Kier molecular flexibility index (Phi) is 7.61. The summed E-state index contributed by atoms with van der Waals surface area (Å²) in [4.78, 5) is 0.166. The zero-order valence-corrected chi connectivity index (χ0v) is 18.0. The number of hydrogen-bond acceptors (Lipinski definition) is 5. The van der Waals surface area contributed by atoms with Crippen LogP contribution in [-0.2, 0) is 10.0 Å². The fraction of sp³-hybridized carbons (Fsp3) is 0.316. The molecule has 0 amide bonds. The molecule has 9 heteroatoms. The first kappa shape index (κ1) is 21.9. The highest BCUT2D eigenvalue weighted by Crippen LogP contribution is 2.30. The molecule has 2 N–H and O–H groups in total. The van der Waals surface area contributed by atoms with E-state index in [0.717, 1.165) is 0 Å². The van der Waals surface area contributed by atoms with Gasteiger partial charge in [0.1, 0.15) is 11.5 Å². The van der Waals surface area contributed by atoms with Gasteiger partial charge in [-0.25, -0.2) is 8.42 Å². The van der Waals surface area contributed by atoms with Crippen LogP contribution in [0.15, 0.2) is 47.4 Å². The fourth-order valence-electron chi connectivity index (χ4n) is 2.68. The minimum Gasteiger partial charge on any atom is -0.495 e. The molecule has 0 aromatic heterocycles. The van der Waals surface area contributed by atoms with Gasteiger partial charge in [-0.1, -0.05) is 26.0 Å². The summed E-state index contributed by atoms with van der Waals surface area (Å²) >= 11 is 5.37. The number of benzene rings is 2. The van der Waals surface area contributed by atoms with Gasteiger partial charge in [0, 0.05) is 13.1 Å². The van der Waals surface area contributed by atoms with E-state index < -0.39 is 10.0 Å². The highest BCUT2D eigenvalue weighted by atomic mass is 32.2. The van der Waals surface area contributed by atoms with Crippen LogP contribution in [0, 0.1) is 0 Å². The standard InChI is InChI=1S/C19H25N3O4S2/c1-5-22(6-2)28(23,24)14-11-12-18(26-4)16(13-14)21-19(27)20-15-9-7-8-10-17(15)25-3/h7-13H,5-6H2,1-4H3,(H2,20,21,27). The third-order valence-electron chi connectivity index (χ3n) is 4.12. The van der Waals surface area contributed by atoms with Crippen molar-refractivity contribution in [1.29, 1.82) is 0 Å². The van der Waals surface area contributed by atoms with Gasteiger partial charge in [-0.15, -0.1) is 0 Å². The van der Waals surface area contributed by atoms with E-state index in [4.69, 9.17) is 21.7 Å². The Morgan fingerprint density at radius 3 is 2.14 bits per heavy atom. The summed E-state index contributed by atoms with van der Waals surface area (Å²) in [6.45, 7) is 4.38. The van der Waals surface area contributed by atoms with E-state index in [1.54, 1.807) is 27.0 Å². The monoisotopic (exact) mass is 423 g/mol. The fourth-order valence-corrected chi connectivity index (χ4v) is 4.39. The molecular weight excluding hydrogens is 398 g/mol. The lowest BCUT2D eigenvalue weighted by Crippen LogP contribution is -2.30. The van der Waals surface area contributed by atoms with E-state index in [1.165, 1.54) is 23.5 Å². The molecule has 7 nitrogen and oxygen atoms in total. The normalized spacial score (nSPS) is 11.2. The Morgan fingerprint density at radius 1 is 0.964 bits per heavy atom. The number of sulfonamides is 1. The van der Waals surface area contributed by atoms with Crippen molar-refractivity contribution >= 4 is 38.7 Å². The minimum atomic E-state index is -3.60. The van der Waals surface area contributed by atoms with Gasteiger partial charge in [-0.3, -0.25) is 0 Å². The number of para-hydroxylation sites is 2. The molecule has 0 bridgehead atoms. The van der Waals surface area contributed by atoms with Crippen molar-refractivity contribution in [2.45, 2.75) is 18.7 Å². The number of rotatable bonds is 8. The van der Waals surface area contributed by atoms with Gasteiger partial charge in [0.05, 0.1) is 30.5 Å². The Morgan fingerprint density at radius 2 is 1.54 bits per heavy atom. The first-order chi connectivity index (χ1) is 13.4. The molecule has 0 fully saturated rings. The quantitative estimate of drug-likeness (QED) is 0.629. The highest BCUT2D eigenvalue weighted by Gasteiger charge is 2.23. The molecule has 0 saturated carbocycles. The molecule has 2 aromatic carbocycles. The lowest BCUT2D eigenvalue weighted by molar-refractivity contribution is 0.416. The van der Waals surface area contributed by atoms with Crippen molar-refractivity contribution in [3.05, 3.63) is 42.5 Å². The average molecular weight is 424 g/mol. The SMILES string of the molecule is CCN(CC)S(=O)(=O)c1ccc(OC)c(NC(=S)Nc2ccccc2OC)c1. The summed E-state index contributed by atoms with van der Waals surface area (Å²) < 4.78 is 37.6. The molecule has 0 saturated heterocycles. The van der Waals surface area contributed by atoms with Gasteiger partial charge in [0.2, 0.25) is 10.0 Å². The lowest BCUT2D eigenvalue weighted by atomic mass is 10.3. The Hall–Kier alpha value is -2.36. The number of nitrogens with one attached hydrogen (secondary N) is 2. The number of hydrogen-bond donors (Lipinski definition) is 2. The Labute approximate surface area is 171 Å². The topological polar surface area (TPSA) is 79.9 Å². The van der Waals surface area contributed by atoms with Crippen molar-refractivity contribution in [1.82, 2.24) is 4.31 Å². The van der Waals surface area contributed by atoms with Crippen molar-refractivity contribution in [3.8, 4) is 11.5 Å². The third kappa shape index (κ3) is 4.92. The van der Waals surface area contributed by atoms with Crippen LogP contribution in [0.3, 0.4) is 0 Å². The molecule has 0 radical (unpaired) electrons. The predicted octanol–water partition coefficient (Wildman–Crippen LogP) is 3.54. The molecule has 0 unspecified atom stereocenters. The van der Waals surface area contributed by atoms with Crippen LogP contribution in [-0.4, -0.2) is 45.1 Å². The van der Waals surface area contributed by atoms with Crippen LogP contribution in [0.5, 0.6) is 11.5 Å². The van der Waals surface area contributed by atoms with Crippen LogP contribution in [0.2, 0.25) is 0 Å². The van der Waals surface area contributed by atoms with E-state index >= 15 is 0 Å². The van der Waals surface area contributed by atoms with Gasteiger partial charge >= 0.3 is 0 Å². The van der Waals surface area contributed by atoms with Crippen molar-refractivity contribution in [2.75, 3.05) is 37.9 Å². The van der Waals surface area contributed by atoms with Crippen LogP contribution in [0.25, 0.3) is 0 Å². The van der Waals surface area contributed by atoms with E-state index in [1.807, 2.05) is 24.3 Å². The first-order valence-corrected chi connectivity index (χ1v) is 10.6. The maximum atomic E-state index is 12.8. The maximum Gasteiger partial charge on any atom is 0.243 e. The average Bonchev–Trinajstić information content (AvgIpc) is 2.69. The number of nitrogens with zero attached hydrogens (tertiary/aromatic N) is 1. The molecule has 152 valence electrons. The van der Waals surface area contributed by atoms with E-state index in [9.17, 15) is 8.42 Å². The number of methoxy groups -OCH3 is 2. The molecule has 0 heterocycles. The van der Waals surface area contributed by atoms with Gasteiger partial charge in [0.15, 0.2) is 5.11 Å². The second-order valence-electron chi connectivity index (χ2n) is 5.73. The van der Waals surface area contributed by atoms with E-state index in [-0.39, 0.29) is 10.0 Å². The van der Waals surface area contributed by atoms with Crippen molar-refractivity contribution < 1.29 is 17.9 Å². The van der Waals surface area contributed by atoms with Gasteiger partial charge in [-0.2, -0.15) is 4.31 Å². The Bertz CT molecular complexity index is 929. The first-order valence-electron chi connectivity index (χ1n) is 8.76. The summed E-state index contributed by atoms with van der Waals surface area (Å²) in [7, 11) is -0.519.